The molecule has 1 N–H and O–H groups in total. The van der Waals surface area contributed by atoms with Crippen LogP contribution in [-0.4, -0.2) is 56.3 Å². The number of aromatic nitrogens is 1. The van der Waals surface area contributed by atoms with Gasteiger partial charge >= 0.3 is 0 Å². The summed E-state index contributed by atoms with van der Waals surface area (Å²) < 4.78 is 25.4. The zero-order valence-corrected chi connectivity index (χ0v) is 17.3. The van der Waals surface area contributed by atoms with E-state index >= 15 is 0 Å². The maximum atomic E-state index is 12.7. The van der Waals surface area contributed by atoms with Crippen molar-refractivity contribution < 1.29 is 18.9 Å². The van der Waals surface area contributed by atoms with Crippen LogP contribution < -0.4 is 20.2 Å². The van der Waals surface area contributed by atoms with Crippen LogP contribution in [0.15, 0.2) is 29.1 Å². The third-order valence-electron chi connectivity index (χ3n) is 6.07. The Bertz CT molecular complexity index is 974. The van der Waals surface area contributed by atoms with Crippen molar-refractivity contribution in [2.24, 2.45) is 0 Å². The molecule has 4 heterocycles. The van der Waals surface area contributed by atoms with Gasteiger partial charge in [0.2, 0.25) is 0 Å². The second-order valence-electron chi connectivity index (χ2n) is 8.15. The first kappa shape index (κ1) is 19.6. The van der Waals surface area contributed by atoms with Gasteiger partial charge in [-0.1, -0.05) is 0 Å². The Morgan fingerprint density at radius 3 is 3.00 bits per heavy atom. The van der Waals surface area contributed by atoms with Crippen molar-refractivity contribution in [3.05, 3.63) is 45.6 Å². The molecular formula is C23H28N2O5. The van der Waals surface area contributed by atoms with Gasteiger partial charge in [-0.15, -0.1) is 0 Å². The van der Waals surface area contributed by atoms with Crippen molar-refractivity contribution in [1.29, 1.82) is 0 Å². The summed E-state index contributed by atoms with van der Waals surface area (Å²) in [6.45, 7) is 6.64. The standard InChI is InChI=1S/C23H28N2O5/c1-15-21(26)11-22(29-14-19-13-27-8-9-28-19)25-7-5-16-10-17(2-3-20(16)23(15)25)30-18-4-6-24-12-18/h2-3,10-11,18-19,24H,4-9,12-14H2,1H3. The lowest BCUT2D eigenvalue weighted by atomic mass is 9.94. The summed E-state index contributed by atoms with van der Waals surface area (Å²) in [6, 6.07) is 7.81. The van der Waals surface area contributed by atoms with Crippen LogP contribution in [0.5, 0.6) is 11.6 Å². The predicted molar refractivity (Wildman–Crippen MR) is 113 cm³/mol. The SMILES string of the molecule is Cc1c2n(c(OCC3COCCO3)cc1=O)CCc1cc(OC3CCNC3)ccc1-2. The summed E-state index contributed by atoms with van der Waals surface area (Å²) in [5, 5.41) is 3.33. The number of ether oxygens (including phenoxy) is 4. The molecule has 2 fully saturated rings. The molecule has 0 aliphatic carbocycles. The summed E-state index contributed by atoms with van der Waals surface area (Å²) >= 11 is 0. The van der Waals surface area contributed by atoms with Crippen molar-refractivity contribution >= 4 is 0 Å². The fourth-order valence-electron chi connectivity index (χ4n) is 4.46. The van der Waals surface area contributed by atoms with Gasteiger partial charge in [-0.2, -0.15) is 0 Å². The molecule has 0 amide bonds. The lowest BCUT2D eigenvalue weighted by Gasteiger charge is -2.28. The van der Waals surface area contributed by atoms with E-state index in [0.29, 0.717) is 32.3 Å². The van der Waals surface area contributed by atoms with Gasteiger partial charge in [-0.25, -0.2) is 0 Å². The highest BCUT2D eigenvalue weighted by atomic mass is 16.6. The molecule has 2 unspecified atom stereocenters. The van der Waals surface area contributed by atoms with E-state index in [4.69, 9.17) is 18.9 Å². The van der Waals surface area contributed by atoms with Crippen molar-refractivity contribution in [2.45, 2.75) is 38.5 Å². The third kappa shape index (κ3) is 3.85. The molecule has 7 heteroatoms. The molecule has 2 aromatic rings. The van der Waals surface area contributed by atoms with Crippen molar-refractivity contribution in [1.82, 2.24) is 9.88 Å². The van der Waals surface area contributed by atoms with Crippen LogP contribution in [0, 0.1) is 6.92 Å². The zero-order chi connectivity index (χ0) is 20.5. The molecule has 7 nitrogen and oxygen atoms in total. The predicted octanol–water partition coefficient (Wildman–Crippen LogP) is 1.91. The number of benzene rings is 1. The molecule has 5 rings (SSSR count). The molecule has 0 saturated carbocycles. The molecule has 160 valence electrons. The molecule has 1 aromatic heterocycles. The smallest absolute Gasteiger partial charge is 0.197 e. The molecule has 2 atom stereocenters. The van der Waals surface area contributed by atoms with E-state index in [0.717, 1.165) is 55.0 Å². The second-order valence-corrected chi connectivity index (χ2v) is 8.15. The number of hydrogen-bond acceptors (Lipinski definition) is 6. The van der Waals surface area contributed by atoms with Gasteiger partial charge < -0.3 is 28.8 Å². The topological polar surface area (TPSA) is 71.0 Å². The minimum Gasteiger partial charge on any atom is -0.489 e. The fraction of sp³-hybridized carbons (Fsp3) is 0.522. The first-order valence-electron chi connectivity index (χ1n) is 10.8. The monoisotopic (exact) mass is 412 g/mol. The van der Waals surface area contributed by atoms with Gasteiger partial charge in [0, 0.05) is 30.3 Å². The largest absolute Gasteiger partial charge is 0.489 e. The lowest BCUT2D eigenvalue weighted by Crippen LogP contribution is -2.34. The summed E-state index contributed by atoms with van der Waals surface area (Å²) in [5.41, 5.74) is 3.96. The van der Waals surface area contributed by atoms with Crippen LogP contribution in [0.25, 0.3) is 11.3 Å². The van der Waals surface area contributed by atoms with Crippen LogP contribution in [0.4, 0.5) is 0 Å². The van der Waals surface area contributed by atoms with Crippen LogP contribution in [0.1, 0.15) is 17.5 Å². The van der Waals surface area contributed by atoms with E-state index in [1.165, 1.54) is 5.56 Å². The average molecular weight is 412 g/mol. The van der Waals surface area contributed by atoms with Crippen molar-refractivity contribution in [2.75, 3.05) is 39.5 Å². The van der Waals surface area contributed by atoms with E-state index < -0.39 is 0 Å². The second kappa shape index (κ2) is 8.41. The Hall–Kier alpha value is -2.35. The summed E-state index contributed by atoms with van der Waals surface area (Å²) in [7, 11) is 0. The minimum atomic E-state index is -0.105. The van der Waals surface area contributed by atoms with E-state index in [2.05, 4.69) is 22.0 Å². The third-order valence-corrected chi connectivity index (χ3v) is 6.07. The van der Waals surface area contributed by atoms with E-state index in [1.807, 2.05) is 13.0 Å². The van der Waals surface area contributed by atoms with Gasteiger partial charge in [-0.05, 0) is 50.1 Å². The molecule has 3 aliphatic rings. The number of pyridine rings is 1. The average Bonchev–Trinajstić information content (AvgIpc) is 3.28. The fourth-order valence-corrected chi connectivity index (χ4v) is 4.46. The molecule has 2 saturated heterocycles. The van der Waals surface area contributed by atoms with Crippen LogP contribution >= 0.6 is 0 Å². The number of hydrogen-bond donors (Lipinski definition) is 1. The number of aryl methyl sites for hydroxylation is 1. The normalized spacial score (nSPS) is 23.0. The highest BCUT2D eigenvalue weighted by Crippen LogP contribution is 2.36. The summed E-state index contributed by atoms with van der Waals surface area (Å²) in [6.07, 6.45) is 2.02. The first-order chi connectivity index (χ1) is 14.7. The Morgan fingerprint density at radius 1 is 1.27 bits per heavy atom. The van der Waals surface area contributed by atoms with Crippen LogP contribution in [-0.2, 0) is 22.4 Å². The van der Waals surface area contributed by atoms with E-state index in [-0.39, 0.29) is 17.6 Å². The summed E-state index contributed by atoms with van der Waals surface area (Å²) in [5.74, 6) is 1.50. The first-order valence-corrected chi connectivity index (χ1v) is 10.8. The van der Waals surface area contributed by atoms with Crippen LogP contribution in [0.2, 0.25) is 0 Å². The van der Waals surface area contributed by atoms with Gasteiger partial charge in [0.15, 0.2) is 11.3 Å². The number of rotatable bonds is 5. The van der Waals surface area contributed by atoms with Gasteiger partial charge in [-0.3, -0.25) is 4.79 Å². The van der Waals surface area contributed by atoms with E-state index in [1.54, 1.807) is 6.07 Å². The number of fused-ring (bicyclic) bond motifs is 3. The van der Waals surface area contributed by atoms with Crippen LogP contribution in [0.3, 0.4) is 0 Å². The molecular weight excluding hydrogens is 384 g/mol. The zero-order valence-electron chi connectivity index (χ0n) is 17.3. The number of nitrogens with one attached hydrogen (secondary N) is 1. The maximum absolute atomic E-state index is 12.7. The van der Waals surface area contributed by atoms with E-state index in [9.17, 15) is 4.79 Å². The molecule has 3 aliphatic heterocycles. The highest BCUT2D eigenvalue weighted by molar-refractivity contribution is 5.70. The molecule has 0 radical (unpaired) electrons. The molecule has 1 aromatic carbocycles. The molecule has 0 spiro atoms. The minimum absolute atomic E-state index is 0.0118. The molecule has 0 bridgehead atoms. The lowest BCUT2D eigenvalue weighted by molar-refractivity contribution is -0.102. The Kier molecular flexibility index (Phi) is 5.50. The Balaban J connectivity index is 1.43. The highest BCUT2D eigenvalue weighted by Gasteiger charge is 2.24. The van der Waals surface area contributed by atoms with Gasteiger partial charge in [0.05, 0.1) is 25.5 Å². The Morgan fingerprint density at radius 2 is 2.20 bits per heavy atom. The quantitative estimate of drug-likeness (QED) is 0.809. The summed E-state index contributed by atoms with van der Waals surface area (Å²) in [4.78, 5) is 12.7. The van der Waals surface area contributed by atoms with Crippen molar-refractivity contribution in [3.8, 4) is 22.9 Å². The number of nitrogens with zero attached hydrogens (tertiary/aromatic N) is 1. The van der Waals surface area contributed by atoms with Crippen molar-refractivity contribution in [3.63, 3.8) is 0 Å². The molecule has 30 heavy (non-hydrogen) atoms. The maximum Gasteiger partial charge on any atom is 0.197 e. The Labute approximate surface area is 175 Å². The van der Waals surface area contributed by atoms with Gasteiger partial charge in [0.1, 0.15) is 24.6 Å². The van der Waals surface area contributed by atoms with Gasteiger partial charge in [0.25, 0.3) is 0 Å².